The first-order valence-electron chi connectivity index (χ1n) is 11.3. The molecule has 0 aromatic carbocycles. The van der Waals surface area contributed by atoms with Crippen LogP contribution in [0.3, 0.4) is 0 Å². The van der Waals surface area contributed by atoms with Crippen LogP contribution in [0.4, 0.5) is 0 Å². The van der Waals surface area contributed by atoms with Gasteiger partial charge >= 0.3 is 0 Å². The Bertz CT molecular complexity index is 506. The Balaban J connectivity index is 2.25. The lowest BCUT2D eigenvalue weighted by molar-refractivity contribution is -0.0737. The first kappa shape index (κ1) is 21.6. The molecule has 26 heavy (non-hydrogen) atoms. The van der Waals surface area contributed by atoms with Crippen molar-refractivity contribution in [2.45, 2.75) is 92.5 Å². The molecule has 150 valence electrons. The van der Waals surface area contributed by atoms with E-state index in [4.69, 9.17) is 6.58 Å². The Labute approximate surface area is 164 Å². The molecule has 2 fully saturated rings. The Kier molecular flexibility index (Phi) is 7.08. The molecule has 0 aromatic heterocycles. The fraction of sp³-hybridized carbons (Fsp3) is 0.840. The lowest BCUT2D eigenvalue weighted by Crippen LogP contribution is -2.52. The third-order valence-corrected chi connectivity index (χ3v) is 8.70. The molecule has 2 aliphatic rings. The van der Waals surface area contributed by atoms with Crippen molar-refractivity contribution in [3.05, 3.63) is 24.4 Å². The summed E-state index contributed by atoms with van der Waals surface area (Å²) in [6.07, 6.45) is 9.45. The highest BCUT2D eigenvalue weighted by Crippen LogP contribution is 2.63. The molecular formula is C25H45N. The third kappa shape index (κ3) is 3.65. The predicted molar refractivity (Wildman–Crippen MR) is 116 cm³/mol. The average Bonchev–Trinajstić information content (AvgIpc) is 2.60. The van der Waals surface area contributed by atoms with E-state index in [-0.39, 0.29) is 0 Å². The van der Waals surface area contributed by atoms with Gasteiger partial charge in [-0.3, -0.25) is 0 Å². The fourth-order valence-electron chi connectivity index (χ4n) is 6.53. The highest BCUT2D eigenvalue weighted by molar-refractivity contribution is 5.21. The molecule has 0 aliphatic heterocycles. The topological polar surface area (TPSA) is 3.24 Å². The van der Waals surface area contributed by atoms with Gasteiger partial charge in [0.1, 0.15) is 0 Å². The van der Waals surface area contributed by atoms with Crippen LogP contribution in [0.1, 0.15) is 86.5 Å². The highest BCUT2D eigenvalue weighted by Gasteiger charge is 2.55. The number of nitrogens with zero attached hydrogens (tertiary/aromatic N) is 1. The van der Waals surface area contributed by atoms with E-state index in [0.717, 1.165) is 29.4 Å². The first-order valence-corrected chi connectivity index (χ1v) is 11.3. The Morgan fingerprint density at radius 2 is 1.81 bits per heavy atom. The summed E-state index contributed by atoms with van der Waals surface area (Å²) < 4.78 is 0. The second-order valence-corrected chi connectivity index (χ2v) is 9.70. The zero-order valence-electron chi connectivity index (χ0n) is 18.8. The van der Waals surface area contributed by atoms with Crippen molar-refractivity contribution in [3.63, 3.8) is 0 Å². The van der Waals surface area contributed by atoms with Crippen molar-refractivity contribution in [3.8, 4) is 0 Å². The van der Waals surface area contributed by atoms with Crippen molar-refractivity contribution >= 4 is 0 Å². The van der Waals surface area contributed by atoms with Gasteiger partial charge in [0.25, 0.3) is 0 Å². The third-order valence-electron chi connectivity index (χ3n) is 8.70. The Morgan fingerprint density at radius 3 is 2.23 bits per heavy atom. The van der Waals surface area contributed by atoms with E-state index in [2.05, 4.69) is 60.1 Å². The molecule has 0 aromatic rings. The summed E-state index contributed by atoms with van der Waals surface area (Å²) in [5, 5.41) is 0. The molecule has 0 radical (unpaired) electrons. The van der Waals surface area contributed by atoms with Crippen LogP contribution in [-0.4, -0.2) is 18.0 Å². The average molecular weight is 360 g/mol. The SMILES string of the molecule is C=C(C)N(C)C(C)CC(CC)C(=C)C1(C)C(CC)CC2CCC2C1CC. The lowest BCUT2D eigenvalue weighted by atomic mass is 9.45. The van der Waals surface area contributed by atoms with Gasteiger partial charge in [0, 0.05) is 18.8 Å². The predicted octanol–water partition coefficient (Wildman–Crippen LogP) is 7.30. The molecule has 0 spiro atoms. The molecule has 7 atom stereocenters. The van der Waals surface area contributed by atoms with Gasteiger partial charge in [-0.15, -0.1) is 0 Å². The molecule has 2 rings (SSSR count). The minimum Gasteiger partial charge on any atom is -0.376 e. The summed E-state index contributed by atoms with van der Waals surface area (Å²) in [6, 6.07) is 0.526. The van der Waals surface area contributed by atoms with Crippen LogP contribution in [0.25, 0.3) is 0 Å². The van der Waals surface area contributed by atoms with Gasteiger partial charge in [0.15, 0.2) is 0 Å². The summed E-state index contributed by atoms with van der Waals surface area (Å²) in [4.78, 5) is 2.34. The van der Waals surface area contributed by atoms with Gasteiger partial charge in [0.2, 0.25) is 0 Å². The summed E-state index contributed by atoms with van der Waals surface area (Å²) in [7, 11) is 2.19. The molecule has 0 heterocycles. The first-order chi connectivity index (χ1) is 12.2. The van der Waals surface area contributed by atoms with Gasteiger partial charge in [0.05, 0.1) is 0 Å². The second kappa shape index (κ2) is 8.53. The summed E-state index contributed by atoms with van der Waals surface area (Å²) in [5.74, 6) is 4.27. The summed E-state index contributed by atoms with van der Waals surface area (Å²) in [5.41, 5.74) is 3.07. The molecule has 0 bridgehead atoms. The minimum atomic E-state index is 0.327. The highest BCUT2D eigenvalue weighted by atomic mass is 15.1. The maximum atomic E-state index is 4.82. The number of fused-ring (bicyclic) bond motifs is 1. The quantitative estimate of drug-likeness (QED) is 0.390. The molecule has 0 amide bonds. The van der Waals surface area contributed by atoms with Gasteiger partial charge in [-0.2, -0.15) is 0 Å². The normalized spacial score (nSPS) is 35.8. The summed E-state index contributed by atoms with van der Waals surface area (Å²) >= 11 is 0. The van der Waals surface area contributed by atoms with Gasteiger partial charge in [-0.05, 0) is 81.0 Å². The summed E-state index contributed by atoms with van der Waals surface area (Å²) in [6.45, 7) is 23.2. The monoisotopic (exact) mass is 359 g/mol. The van der Waals surface area contributed by atoms with E-state index in [1.807, 2.05) is 0 Å². The van der Waals surface area contributed by atoms with E-state index < -0.39 is 0 Å². The zero-order chi connectivity index (χ0) is 19.6. The van der Waals surface area contributed by atoms with Crippen molar-refractivity contribution in [2.24, 2.45) is 35.0 Å². The number of allylic oxidation sites excluding steroid dienone is 2. The van der Waals surface area contributed by atoms with Crippen LogP contribution >= 0.6 is 0 Å². The van der Waals surface area contributed by atoms with Gasteiger partial charge in [-0.25, -0.2) is 0 Å². The van der Waals surface area contributed by atoms with Gasteiger partial charge < -0.3 is 4.90 Å². The number of hydrogen-bond acceptors (Lipinski definition) is 1. The van der Waals surface area contributed by atoms with E-state index in [1.54, 1.807) is 5.57 Å². The fourth-order valence-corrected chi connectivity index (χ4v) is 6.53. The van der Waals surface area contributed by atoms with Crippen LogP contribution in [0.15, 0.2) is 24.4 Å². The van der Waals surface area contributed by atoms with Crippen molar-refractivity contribution in [2.75, 3.05) is 7.05 Å². The molecular weight excluding hydrogens is 314 g/mol. The van der Waals surface area contributed by atoms with Crippen molar-refractivity contribution in [1.82, 2.24) is 4.90 Å². The van der Waals surface area contributed by atoms with Crippen LogP contribution in [0.2, 0.25) is 0 Å². The van der Waals surface area contributed by atoms with Crippen LogP contribution in [0.5, 0.6) is 0 Å². The van der Waals surface area contributed by atoms with Crippen molar-refractivity contribution in [1.29, 1.82) is 0 Å². The molecule has 7 unspecified atom stereocenters. The van der Waals surface area contributed by atoms with Crippen LogP contribution < -0.4 is 0 Å². The molecule has 2 aliphatic carbocycles. The minimum absolute atomic E-state index is 0.327. The number of hydrogen-bond donors (Lipinski definition) is 0. The van der Waals surface area contributed by atoms with Crippen LogP contribution in [0, 0.1) is 35.0 Å². The van der Waals surface area contributed by atoms with E-state index in [1.165, 1.54) is 44.9 Å². The maximum absolute atomic E-state index is 4.82. The van der Waals surface area contributed by atoms with Crippen molar-refractivity contribution < 1.29 is 0 Å². The molecule has 1 nitrogen and oxygen atoms in total. The molecule has 0 saturated heterocycles. The standard InChI is InChI=1S/C25H45N/c1-10-20(15-18(6)26(9)17(4)5)19(7)25(8)22(11-2)16-21-13-14-23(21)24(25)12-3/h18,20-24H,4,7,10-16H2,1-3,5-6,8-9H3. The molecule has 2 saturated carbocycles. The van der Waals surface area contributed by atoms with E-state index in [0.29, 0.717) is 17.4 Å². The Hall–Kier alpha value is -0.720. The second-order valence-electron chi connectivity index (χ2n) is 9.70. The molecule has 0 N–H and O–H groups in total. The van der Waals surface area contributed by atoms with E-state index in [9.17, 15) is 0 Å². The van der Waals surface area contributed by atoms with E-state index >= 15 is 0 Å². The largest absolute Gasteiger partial charge is 0.376 e. The Morgan fingerprint density at radius 1 is 1.15 bits per heavy atom. The zero-order valence-corrected chi connectivity index (χ0v) is 18.8. The molecule has 1 heteroatoms. The smallest absolute Gasteiger partial charge is 0.0260 e. The van der Waals surface area contributed by atoms with Crippen LogP contribution in [-0.2, 0) is 0 Å². The lowest BCUT2D eigenvalue weighted by Gasteiger charge is -2.60. The van der Waals surface area contributed by atoms with Gasteiger partial charge in [-0.1, -0.05) is 59.3 Å². The number of rotatable bonds is 9. The maximum Gasteiger partial charge on any atom is 0.0260 e.